The van der Waals surface area contributed by atoms with Crippen LogP contribution in [0.4, 0.5) is 10.1 Å². The van der Waals surface area contributed by atoms with Crippen molar-refractivity contribution in [1.82, 2.24) is 4.98 Å². The minimum absolute atomic E-state index is 0.0497. The van der Waals surface area contributed by atoms with E-state index in [4.69, 9.17) is 0 Å². The lowest BCUT2D eigenvalue weighted by molar-refractivity contribution is 0.0902. The fourth-order valence-electron chi connectivity index (χ4n) is 2.96. The first kappa shape index (κ1) is 15.3. The average molecular weight is 316 g/mol. The van der Waals surface area contributed by atoms with Crippen LogP contribution in [0.2, 0.25) is 0 Å². The summed E-state index contributed by atoms with van der Waals surface area (Å²) in [6.07, 6.45) is 2.53. The number of carbonyl (C=O) groups is 2. The van der Waals surface area contributed by atoms with Gasteiger partial charge in [0.15, 0.2) is 5.78 Å². The van der Waals surface area contributed by atoms with Gasteiger partial charge in [0.05, 0.1) is 16.8 Å². The molecule has 23 heavy (non-hydrogen) atoms. The number of amides is 1. The molecule has 1 heterocycles. The summed E-state index contributed by atoms with van der Waals surface area (Å²) in [6, 6.07) is 3.46. The molecule has 0 unspecified atom stereocenters. The Morgan fingerprint density at radius 1 is 1.35 bits per heavy atom. The van der Waals surface area contributed by atoms with Crippen LogP contribution in [0, 0.1) is 11.2 Å². The number of ketones is 1. The van der Waals surface area contributed by atoms with Crippen LogP contribution in [0.15, 0.2) is 24.4 Å². The second-order valence-electron chi connectivity index (χ2n) is 6.62. The first-order valence-corrected chi connectivity index (χ1v) is 7.30. The van der Waals surface area contributed by atoms with E-state index in [1.807, 2.05) is 13.8 Å². The number of anilines is 1. The van der Waals surface area contributed by atoms with E-state index in [1.54, 1.807) is 0 Å². The van der Waals surface area contributed by atoms with Crippen molar-refractivity contribution in [2.75, 3.05) is 5.32 Å². The van der Waals surface area contributed by atoms with E-state index in [9.17, 15) is 19.1 Å². The fourth-order valence-corrected chi connectivity index (χ4v) is 2.96. The SMILES string of the molecule is CC1(C)CC(=O)c2c(C(=O)Nc3ccc(O)cc3F)c[nH]c2C1. The molecule has 2 aromatic rings. The highest BCUT2D eigenvalue weighted by Gasteiger charge is 2.35. The molecule has 1 aliphatic carbocycles. The van der Waals surface area contributed by atoms with E-state index in [-0.39, 0.29) is 28.2 Å². The van der Waals surface area contributed by atoms with Gasteiger partial charge >= 0.3 is 0 Å². The third-order valence-corrected chi connectivity index (χ3v) is 3.98. The van der Waals surface area contributed by atoms with Gasteiger partial charge in [0.2, 0.25) is 0 Å². The molecule has 0 saturated carbocycles. The van der Waals surface area contributed by atoms with Gasteiger partial charge < -0.3 is 15.4 Å². The largest absolute Gasteiger partial charge is 0.508 e. The van der Waals surface area contributed by atoms with Gasteiger partial charge in [0.25, 0.3) is 5.91 Å². The lowest BCUT2D eigenvalue weighted by Crippen LogP contribution is -2.28. The van der Waals surface area contributed by atoms with Gasteiger partial charge in [-0.3, -0.25) is 9.59 Å². The van der Waals surface area contributed by atoms with Crippen molar-refractivity contribution < 1.29 is 19.1 Å². The standard InChI is InChI=1S/C17H17FN2O3/c1-17(2)6-13-15(14(22)7-17)10(8-19-13)16(23)20-12-4-3-9(21)5-11(12)18/h3-5,8,19,21H,6-7H2,1-2H3,(H,20,23). The van der Waals surface area contributed by atoms with E-state index >= 15 is 0 Å². The van der Waals surface area contributed by atoms with E-state index in [0.29, 0.717) is 18.4 Å². The predicted octanol–water partition coefficient (Wildman–Crippen LogP) is 3.27. The van der Waals surface area contributed by atoms with Crippen LogP contribution in [-0.2, 0) is 6.42 Å². The molecule has 0 saturated heterocycles. The molecule has 3 N–H and O–H groups in total. The number of H-pyrrole nitrogens is 1. The Hall–Kier alpha value is -2.63. The molecule has 5 nitrogen and oxygen atoms in total. The number of fused-ring (bicyclic) bond motifs is 1. The Kier molecular flexibility index (Phi) is 3.47. The topological polar surface area (TPSA) is 82.2 Å². The van der Waals surface area contributed by atoms with Crippen LogP contribution in [0.25, 0.3) is 0 Å². The highest BCUT2D eigenvalue weighted by Crippen LogP contribution is 2.35. The summed E-state index contributed by atoms with van der Waals surface area (Å²) < 4.78 is 13.7. The van der Waals surface area contributed by atoms with E-state index in [0.717, 1.165) is 11.8 Å². The average Bonchev–Trinajstić information content (AvgIpc) is 2.84. The summed E-state index contributed by atoms with van der Waals surface area (Å²) in [5.41, 5.74) is 1.15. The van der Waals surface area contributed by atoms with Crippen molar-refractivity contribution in [3.63, 3.8) is 0 Å². The number of rotatable bonds is 2. The van der Waals surface area contributed by atoms with Gasteiger partial charge in [0.1, 0.15) is 11.6 Å². The maximum absolute atomic E-state index is 13.7. The van der Waals surface area contributed by atoms with Crippen LogP contribution in [0.1, 0.15) is 46.7 Å². The first-order chi connectivity index (χ1) is 10.8. The summed E-state index contributed by atoms with van der Waals surface area (Å²) in [5, 5.41) is 11.6. The number of hydrogen-bond donors (Lipinski definition) is 3. The molecule has 0 spiro atoms. The fraction of sp³-hybridized carbons (Fsp3) is 0.294. The quantitative estimate of drug-likeness (QED) is 0.744. The summed E-state index contributed by atoms with van der Waals surface area (Å²) in [6.45, 7) is 4.00. The van der Waals surface area contributed by atoms with Crippen molar-refractivity contribution in [2.24, 2.45) is 5.41 Å². The molecule has 6 heteroatoms. The number of aromatic nitrogens is 1. The van der Waals surface area contributed by atoms with Crippen LogP contribution in [0.5, 0.6) is 5.75 Å². The molecule has 1 aliphatic rings. The summed E-state index contributed by atoms with van der Waals surface area (Å²) in [5.74, 6) is -1.61. The Balaban J connectivity index is 1.90. The van der Waals surface area contributed by atoms with Gasteiger partial charge in [-0.2, -0.15) is 0 Å². The van der Waals surface area contributed by atoms with E-state index < -0.39 is 11.7 Å². The van der Waals surface area contributed by atoms with Gasteiger partial charge in [-0.15, -0.1) is 0 Å². The first-order valence-electron chi connectivity index (χ1n) is 7.30. The van der Waals surface area contributed by atoms with Crippen LogP contribution in [0.3, 0.4) is 0 Å². The molecule has 0 radical (unpaired) electrons. The van der Waals surface area contributed by atoms with Crippen LogP contribution in [-0.4, -0.2) is 21.8 Å². The van der Waals surface area contributed by atoms with Crippen molar-refractivity contribution in [1.29, 1.82) is 0 Å². The summed E-state index contributed by atoms with van der Waals surface area (Å²) in [7, 11) is 0. The number of phenolic OH excluding ortho intramolecular Hbond substituents is 1. The lowest BCUT2D eigenvalue weighted by atomic mass is 9.75. The van der Waals surface area contributed by atoms with Crippen LogP contribution < -0.4 is 5.32 Å². The zero-order valence-electron chi connectivity index (χ0n) is 12.9. The smallest absolute Gasteiger partial charge is 0.258 e. The van der Waals surface area contributed by atoms with Gasteiger partial charge in [0, 0.05) is 24.4 Å². The van der Waals surface area contributed by atoms with Crippen LogP contribution >= 0.6 is 0 Å². The number of Topliss-reactive ketones (excluding diaryl/α,β-unsaturated/α-hetero) is 1. The molecular weight excluding hydrogens is 299 g/mol. The molecular formula is C17H17FN2O3. The Labute approximate surface area is 132 Å². The predicted molar refractivity (Wildman–Crippen MR) is 83.2 cm³/mol. The minimum Gasteiger partial charge on any atom is -0.508 e. The number of carbonyl (C=O) groups excluding carboxylic acids is 2. The zero-order valence-corrected chi connectivity index (χ0v) is 12.9. The third-order valence-electron chi connectivity index (χ3n) is 3.98. The molecule has 3 rings (SSSR count). The van der Waals surface area contributed by atoms with Crippen molar-refractivity contribution in [3.8, 4) is 5.75 Å². The molecule has 0 bridgehead atoms. The monoisotopic (exact) mass is 316 g/mol. The Morgan fingerprint density at radius 2 is 2.09 bits per heavy atom. The van der Waals surface area contributed by atoms with Gasteiger partial charge in [-0.05, 0) is 24.0 Å². The third kappa shape index (κ3) is 2.84. The number of aromatic amines is 1. The molecule has 0 atom stereocenters. The molecule has 0 aliphatic heterocycles. The molecule has 1 amide bonds. The second-order valence-corrected chi connectivity index (χ2v) is 6.62. The van der Waals surface area contributed by atoms with E-state index in [2.05, 4.69) is 10.3 Å². The Bertz CT molecular complexity index is 808. The number of nitrogens with one attached hydrogen (secondary N) is 2. The minimum atomic E-state index is -0.741. The number of hydrogen-bond acceptors (Lipinski definition) is 3. The molecule has 1 aromatic heterocycles. The molecule has 120 valence electrons. The second kappa shape index (κ2) is 5.22. The highest BCUT2D eigenvalue weighted by atomic mass is 19.1. The number of phenols is 1. The molecule has 0 fully saturated rings. The van der Waals surface area contributed by atoms with Crippen molar-refractivity contribution in [3.05, 3.63) is 47.0 Å². The lowest BCUT2D eigenvalue weighted by Gasteiger charge is -2.28. The maximum atomic E-state index is 13.7. The maximum Gasteiger partial charge on any atom is 0.258 e. The van der Waals surface area contributed by atoms with Crippen molar-refractivity contribution >= 4 is 17.4 Å². The number of aromatic hydroxyl groups is 1. The number of halogens is 1. The molecule has 1 aromatic carbocycles. The highest BCUT2D eigenvalue weighted by molar-refractivity contribution is 6.13. The summed E-state index contributed by atoms with van der Waals surface area (Å²) >= 11 is 0. The van der Waals surface area contributed by atoms with Crippen molar-refractivity contribution in [2.45, 2.75) is 26.7 Å². The summed E-state index contributed by atoms with van der Waals surface area (Å²) in [4.78, 5) is 27.7. The van der Waals surface area contributed by atoms with Gasteiger partial charge in [-0.25, -0.2) is 4.39 Å². The Morgan fingerprint density at radius 3 is 2.78 bits per heavy atom. The van der Waals surface area contributed by atoms with Gasteiger partial charge in [-0.1, -0.05) is 13.8 Å². The van der Waals surface area contributed by atoms with E-state index in [1.165, 1.54) is 18.3 Å². The normalized spacial score (nSPS) is 16.0. The number of benzene rings is 1. The zero-order chi connectivity index (χ0) is 16.8.